The summed E-state index contributed by atoms with van der Waals surface area (Å²) in [5, 5.41) is 10.8. The minimum absolute atomic E-state index is 0.313. The van der Waals surface area contributed by atoms with E-state index in [4.69, 9.17) is 16.3 Å². The standard InChI is InChI=1S/C30H25ClN6O2/c1-2-29(38)37-26-13-22-27(11-18(26)6-8-21-23-14-32-15-24(21)23)34-17-35-30(22)36-19-7-9-28(25(31)12-19)39-16-20-5-3-4-10-33-20/h2-5,7,9-13,17,21,23-24,32H,1,14-16H2,(H,37,38)(H,34,35,36)/t21-,23+,24-. The van der Waals surface area contributed by atoms with E-state index in [1.165, 1.54) is 12.4 Å². The topological polar surface area (TPSA) is 101 Å². The lowest BCUT2D eigenvalue weighted by Gasteiger charge is -2.13. The van der Waals surface area contributed by atoms with Gasteiger partial charge in [0.25, 0.3) is 0 Å². The molecule has 3 heterocycles. The number of hydrogen-bond donors (Lipinski definition) is 3. The molecule has 2 aromatic heterocycles. The number of hydrogen-bond acceptors (Lipinski definition) is 7. The van der Waals surface area contributed by atoms with Crippen LogP contribution >= 0.6 is 11.6 Å². The lowest BCUT2D eigenvalue weighted by molar-refractivity contribution is -0.111. The molecule has 2 fully saturated rings. The van der Waals surface area contributed by atoms with E-state index in [0.717, 1.165) is 29.9 Å². The number of rotatable bonds is 7. The Balaban J connectivity index is 1.26. The number of ether oxygens (including phenoxy) is 1. The van der Waals surface area contributed by atoms with Gasteiger partial charge in [-0.2, -0.15) is 0 Å². The van der Waals surface area contributed by atoms with Gasteiger partial charge in [-0.05, 0) is 73.5 Å². The van der Waals surface area contributed by atoms with Gasteiger partial charge < -0.3 is 20.7 Å². The van der Waals surface area contributed by atoms with Gasteiger partial charge in [0.15, 0.2) is 0 Å². The smallest absolute Gasteiger partial charge is 0.247 e. The summed E-state index contributed by atoms with van der Waals surface area (Å²) in [4.78, 5) is 25.4. The molecule has 1 aliphatic heterocycles. The van der Waals surface area contributed by atoms with Crippen molar-refractivity contribution in [3.05, 3.63) is 90.0 Å². The molecule has 1 amide bonds. The Bertz CT molecular complexity index is 1620. The highest BCUT2D eigenvalue weighted by Crippen LogP contribution is 2.48. The normalized spacial score (nSPS) is 18.9. The fourth-order valence-electron chi connectivity index (χ4n) is 4.85. The highest BCUT2D eigenvalue weighted by molar-refractivity contribution is 6.32. The molecule has 39 heavy (non-hydrogen) atoms. The van der Waals surface area contributed by atoms with Crippen LogP contribution in [0.2, 0.25) is 5.02 Å². The van der Waals surface area contributed by atoms with E-state index >= 15 is 0 Å². The van der Waals surface area contributed by atoms with Crippen molar-refractivity contribution in [1.82, 2.24) is 20.3 Å². The molecule has 8 nitrogen and oxygen atoms in total. The van der Waals surface area contributed by atoms with E-state index < -0.39 is 0 Å². The first-order chi connectivity index (χ1) is 19.1. The number of carbonyl (C=O) groups is 1. The predicted octanol–water partition coefficient (Wildman–Crippen LogP) is 4.94. The van der Waals surface area contributed by atoms with Gasteiger partial charge in [-0.1, -0.05) is 36.1 Å². The number of carbonyl (C=O) groups excluding carboxylic acids is 1. The summed E-state index contributed by atoms with van der Waals surface area (Å²) >= 11 is 6.51. The minimum Gasteiger partial charge on any atom is -0.486 e. The van der Waals surface area contributed by atoms with Crippen LogP contribution in [-0.2, 0) is 11.4 Å². The Kier molecular flexibility index (Phi) is 6.84. The van der Waals surface area contributed by atoms with Crippen molar-refractivity contribution < 1.29 is 9.53 Å². The second-order valence-corrected chi connectivity index (χ2v) is 9.90. The number of halogens is 1. The molecule has 0 bridgehead atoms. The van der Waals surface area contributed by atoms with Crippen molar-refractivity contribution >= 4 is 45.6 Å². The van der Waals surface area contributed by atoms with E-state index in [9.17, 15) is 4.79 Å². The van der Waals surface area contributed by atoms with Gasteiger partial charge in [0.1, 0.15) is 24.5 Å². The van der Waals surface area contributed by atoms with Crippen molar-refractivity contribution in [2.24, 2.45) is 17.8 Å². The summed E-state index contributed by atoms with van der Waals surface area (Å²) in [7, 11) is 0. The number of pyridine rings is 1. The van der Waals surface area contributed by atoms with Crippen molar-refractivity contribution in [2.45, 2.75) is 6.61 Å². The van der Waals surface area contributed by atoms with Gasteiger partial charge in [0, 0.05) is 23.2 Å². The second-order valence-electron chi connectivity index (χ2n) is 9.49. The maximum atomic E-state index is 12.2. The minimum atomic E-state index is -0.315. The van der Waals surface area contributed by atoms with Crippen LogP contribution in [0, 0.1) is 29.6 Å². The third-order valence-corrected chi connectivity index (χ3v) is 7.27. The van der Waals surface area contributed by atoms with Crippen LogP contribution in [0.25, 0.3) is 10.9 Å². The fourth-order valence-corrected chi connectivity index (χ4v) is 5.09. The number of nitrogens with zero attached hydrogens (tertiary/aromatic N) is 3. The van der Waals surface area contributed by atoms with Crippen LogP contribution in [0.5, 0.6) is 5.75 Å². The van der Waals surface area contributed by atoms with E-state index in [1.54, 1.807) is 18.3 Å². The van der Waals surface area contributed by atoms with Gasteiger partial charge in [-0.15, -0.1) is 0 Å². The van der Waals surface area contributed by atoms with Crippen molar-refractivity contribution in [3.8, 4) is 17.6 Å². The van der Waals surface area contributed by atoms with E-state index in [0.29, 0.717) is 57.7 Å². The Morgan fingerprint density at radius 3 is 2.79 bits per heavy atom. The zero-order valence-corrected chi connectivity index (χ0v) is 21.7. The van der Waals surface area contributed by atoms with Crippen LogP contribution in [0.15, 0.2) is 73.7 Å². The molecule has 6 rings (SSSR count). The van der Waals surface area contributed by atoms with Crippen molar-refractivity contribution in [2.75, 3.05) is 23.7 Å². The first-order valence-electron chi connectivity index (χ1n) is 12.6. The number of piperidine rings is 1. The van der Waals surface area contributed by atoms with Crippen LogP contribution in [0.1, 0.15) is 11.3 Å². The van der Waals surface area contributed by atoms with E-state index in [-0.39, 0.29) is 5.91 Å². The lowest BCUT2D eigenvalue weighted by Crippen LogP contribution is -2.14. The number of amides is 1. The summed E-state index contributed by atoms with van der Waals surface area (Å²) < 4.78 is 5.83. The third-order valence-electron chi connectivity index (χ3n) is 6.98. The first-order valence-corrected chi connectivity index (χ1v) is 13.0. The fraction of sp³-hybridized carbons (Fsp3) is 0.200. The molecule has 0 unspecified atom stereocenters. The van der Waals surface area contributed by atoms with Gasteiger partial charge in [-0.25, -0.2) is 9.97 Å². The molecular weight excluding hydrogens is 512 g/mol. The molecule has 0 radical (unpaired) electrons. The van der Waals surface area contributed by atoms with E-state index in [1.807, 2.05) is 36.4 Å². The maximum Gasteiger partial charge on any atom is 0.247 e. The summed E-state index contributed by atoms with van der Waals surface area (Å²) in [5.74, 6) is 9.14. The SMILES string of the molecule is C=CC(=O)Nc1cc2c(Nc3ccc(OCc4ccccn4)c(Cl)c3)ncnc2cc1C#C[C@H]1[C@H]2CNC[C@@H]12. The molecule has 3 N–H and O–H groups in total. The molecule has 1 saturated heterocycles. The predicted molar refractivity (Wildman–Crippen MR) is 152 cm³/mol. The first kappa shape index (κ1) is 24.9. The Morgan fingerprint density at radius 2 is 2.03 bits per heavy atom. The monoisotopic (exact) mass is 536 g/mol. The summed E-state index contributed by atoms with van der Waals surface area (Å²) in [5.41, 5.74) is 3.52. The van der Waals surface area contributed by atoms with Gasteiger partial charge in [0.05, 0.1) is 27.5 Å². The highest BCUT2D eigenvalue weighted by Gasteiger charge is 2.51. The molecule has 4 aromatic rings. The highest BCUT2D eigenvalue weighted by atomic mass is 35.5. The van der Waals surface area contributed by atoms with Gasteiger partial charge >= 0.3 is 0 Å². The molecule has 3 atom stereocenters. The van der Waals surface area contributed by atoms with Crippen LogP contribution in [-0.4, -0.2) is 33.9 Å². The van der Waals surface area contributed by atoms with E-state index in [2.05, 4.69) is 49.3 Å². The molecule has 1 aliphatic carbocycles. The molecular formula is C30H25ClN6O2. The van der Waals surface area contributed by atoms with Crippen LogP contribution in [0.4, 0.5) is 17.2 Å². The Hall–Kier alpha value is -4.45. The molecule has 194 valence electrons. The number of nitrogens with one attached hydrogen (secondary N) is 3. The average Bonchev–Trinajstić information content (AvgIpc) is 3.37. The summed E-state index contributed by atoms with van der Waals surface area (Å²) in [6, 6.07) is 14.8. The number of benzene rings is 2. The molecule has 2 aliphatic rings. The summed E-state index contributed by atoms with van der Waals surface area (Å²) in [6.07, 6.45) is 4.45. The number of fused-ring (bicyclic) bond motifs is 2. The average molecular weight is 537 g/mol. The zero-order valence-electron chi connectivity index (χ0n) is 20.9. The largest absolute Gasteiger partial charge is 0.486 e. The number of aromatic nitrogens is 3. The van der Waals surface area contributed by atoms with Crippen molar-refractivity contribution in [1.29, 1.82) is 0 Å². The number of anilines is 3. The van der Waals surface area contributed by atoms with Gasteiger partial charge in [-0.3, -0.25) is 9.78 Å². The molecule has 9 heteroatoms. The third kappa shape index (κ3) is 5.41. The van der Waals surface area contributed by atoms with Gasteiger partial charge in [0.2, 0.25) is 5.91 Å². The Labute approximate surface area is 230 Å². The van der Waals surface area contributed by atoms with Crippen molar-refractivity contribution in [3.63, 3.8) is 0 Å². The molecule has 0 spiro atoms. The molecule has 2 aromatic carbocycles. The lowest BCUT2D eigenvalue weighted by atomic mass is 10.1. The maximum absolute atomic E-state index is 12.2. The van der Waals surface area contributed by atoms with Crippen LogP contribution < -0.4 is 20.7 Å². The quantitative estimate of drug-likeness (QED) is 0.227. The zero-order chi connectivity index (χ0) is 26.8. The second kappa shape index (κ2) is 10.7. The Morgan fingerprint density at radius 1 is 1.15 bits per heavy atom. The molecule has 1 saturated carbocycles. The van der Waals surface area contributed by atoms with Crippen LogP contribution in [0.3, 0.4) is 0 Å². The summed E-state index contributed by atoms with van der Waals surface area (Å²) in [6.45, 7) is 5.92.